The summed E-state index contributed by atoms with van der Waals surface area (Å²) in [4.78, 5) is 2.45. The van der Waals surface area contributed by atoms with Gasteiger partial charge in [0.25, 0.3) is 0 Å². The molecule has 0 rings (SSSR count). The average Bonchev–Trinajstić information content (AvgIpc) is 1.90. The van der Waals surface area contributed by atoms with E-state index in [0.717, 1.165) is 0 Å². The van der Waals surface area contributed by atoms with Gasteiger partial charge in [0.2, 0.25) is 0 Å². The van der Waals surface area contributed by atoms with E-state index >= 15 is 0 Å². The Morgan fingerprint density at radius 1 is 1.10 bits per heavy atom. The lowest BCUT2D eigenvalue weighted by Gasteiger charge is -2.18. The summed E-state index contributed by atoms with van der Waals surface area (Å²) < 4.78 is 0. The Morgan fingerprint density at radius 2 is 1.60 bits per heavy atom. The molecular formula is C9H20N. The van der Waals surface area contributed by atoms with Gasteiger partial charge in [0, 0.05) is 0 Å². The van der Waals surface area contributed by atoms with Gasteiger partial charge in [-0.1, -0.05) is 27.7 Å². The summed E-state index contributed by atoms with van der Waals surface area (Å²) in [6.07, 6.45) is 1.25. The van der Waals surface area contributed by atoms with Crippen molar-refractivity contribution >= 4 is 0 Å². The normalized spacial score (nSPS) is 11.4. The first-order valence-electron chi connectivity index (χ1n) is 4.22. The van der Waals surface area contributed by atoms with Crippen molar-refractivity contribution in [3.63, 3.8) is 0 Å². The van der Waals surface area contributed by atoms with Crippen molar-refractivity contribution in [1.82, 2.24) is 4.90 Å². The summed E-state index contributed by atoms with van der Waals surface area (Å²) in [5.74, 6) is 1.53. The molecule has 1 nitrogen and oxygen atoms in total. The zero-order chi connectivity index (χ0) is 7.98. The molecule has 10 heavy (non-hydrogen) atoms. The Hall–Kier alpha value is -0.0400. The molecule has 0 unspecified atom stereocenters. The first-order chi connectivity index (χ1) is 4.70. The largest absolute Gasteiger partial charge is 0.304 e. The first kappa shape index (κ1) is 9.96. The van der Waals surface area contributed by atoms with Crippen LogP contribution < -0.4 is 0 Å². The minimum Gasteiger partial charge on any atom is -0.304 e. The Kier molecular flexibility index (Phi) is 5.70. The predicted octanol–water partition coefficient (Wildman–Crippen LogP) is 2.33. The highest BCUT2D eigenvalue weighted by molar-refractivity contribution is 4.77. The van der Waals surface area contributed by atoms with E-state index in [1.54, 1.807) is 0 Å². The first-order valence-corrected chi connectivity index (χ1v) is 4.22. The van der Waals surface area contributed by atoms with Crippen LogP contribution in [0.4, 0.5) is 0 Å². The summed E-state index contributed by atoms with van der Waals surface area (Å²) in [6, 6.07) is 0. The van der Waals surface area contributed by atoms with E-state index in [-0.39, 0.29) is 0 Å². The third kappa shape index (κ3) is 4.80. The van der Waals surface area contributed by atoms with E-state index in [0.29, 0.717) is 0 Å². The van der Waals surface area contributed by atoms with E-state index in [4.69, 9.17) is 0 Å². The predicted molar refractivity (Wildman–Crippen MR) is 47.0 cm³/mol. The molecule has 0 bridgehead atoms. The second kappa shape index (κ2) is 5.72. The zero-order valence-corrected chi connectivity index (χ0v) is 7.78. The molecule has 0 aromatic carbocycles. The smallest absolute Gasteiger partial charge is 0.00137 e. The summed E-state index contributed by atoms with van der Waals surface area (Å²) >= 11 is 0. The summed E-state index contributed by atoms with van der Waals surface area (Å²) in [6.45, 7) is 12.4. The Bertz CT molecular complexity index is 65.1. The molecule has 0 aromatic heterocycles. The molecule has 0 aromatic rings. The molecule has 0 saturated carbocycles. The van der Waals surface area contributed by atoms with Crippen LogP contribution in [0.3, 0.4) is 0 Å². The van der Waals surface area contributed by atoms with Crippen LogP contribution >= 0.6 is 0 Å². The van der Waals surface area contributed by atoms with Gasteiger partial charge in [-0.2, -0.15) is 0 Å². The van der Waals surface area contributed by atoms with Gasteiger partial charge < -0.3 is 4.90 Å². The number of rotatable bonds is 5. The van der Waals surface area contributed by atoms with E-state index in [2.05, 4.69) is 32.6 Å². The van der Waals surface area contributed by atoms with Crippen molar-refractivity contribution in [2.75, 3.05) is 19.6 Å². The van der Waals surface area contributed by atoms with Gasteiger partial charge in [0.15, 0.2) is 0 Å². The molecular weight excluding hydrogens is 122 g/mol. The van der Waals surface area contributed by atoms with Crippen LogP contribution in [0.2, 0.25) is 0 Å². The van der Waals surface area contributed by atoms with Crippen molar-refractivity contribution < 1.29 is 0 Å². The standard InChI is InChI=1S/C9H20N/c1-5-10(6-2)8-7-9(3)4/h5-8H2,1-4H3. The highest BCUT2D eigenvalue weighted by atomic mass is 15.1. The minimum atomic E-state index is 1.18. The Balaban J connectivity index is 3.26. The third-order valence-corrected chi connectivity index (χ3v) is 1.82. The van der Waals surface area contributed by atoms with Gasteiger partial charge in [0.05, 0.1) is 0 Å². The molecule has 0 aliphatic heterocycles. The molecule has 0 N–H and O–H groups in total. The zero-order valence-electron chi connectivity index (χ0n) is 7.78. The molecule has 0 atom stereocenters. The fraction of sp³-hybridized carbons (Fsp3) is 0.889. The van der Waals surface area contributed by atoms with Crippen molar-refractivity contribution in [3.8, 4) is 0 Å². The fourth-order valence-electron chi connectivity index (χ4n) is 0.922. The lowest BCUT2D eigenvalue weighted by molar-refractivity contribution is 0.303. The van der Waals surface area contributed by atoms with Gasteiger partial charge in [-0.25, -0.2) is 0 Å². The summed E-state index contributed by atoms with van der Waals surface area (Å²) in [5, 5.41) is 0. The molecule has 1 radical (unpaired) electrons. The monoisotopic (exact) mass is 142 g/mol. The van der Waals surface area contributed by atoms with Crippen LogP contribution in [-0.4, -0.2) is 24.5 Å². The maximum absolute atomic E-state index is 2.45. The van der Waals surface area contributed by atoms with E-state index in [1.807, 2.05) is 0 Å². The minimum absolute atomic E-state index is 1.18. The Morgan fingerprint density at radius 3 is 1.90 bits per heavy atom. The van der Waals surface area contributed by atoms with E-state index in [1.165, 1.54) is 32.0 Å². The van der Waals surface area contributed by atoms with Gasteiger partial charge >= 0.3 is 0 Å². The second-order valence-electron chi connectivity index (χ2n) is 2.98. The van der Waals surface area contributed by atoms with Gasteiger partial charge in [-0.3, -0.25) is 0 Å². The molecule has 61 valence electrons. The van der Waals surface area contributed by atoms with Gasteiger partial charge in [-0.05, 0) is 32.0 Å². The highest BCUT2D eigenvalue weighted by Gasteiger charge is 1.99. The molecule has 0 aliphatic rings. The second-order valence-corrected chi connectivity index (χ2v) is 2.98. The fourth-order valence-corrected chi connectivity index (χ4v) is 0.922. The third-order valence-electron chi connectivity index (χ3n) is 1.82. The molecule has 0 heterocycles. The van der Waals surface area contributed by atoms with Gasteiger partial charge in [-0.15, -0.1) is 0 Å². The van der Waals surface area contributed by atoms with Gasteiger partial charge in [0.1, 0.15) is 0 Å². The molecule has 0 aliphatic carbocycles. The number of hydrogen-bond acceptors (Lipinski definition) is 1. The van der Waals surface area contributed by atoms with Crippen LogP contribution in [0.5, 0.6) is 0 Å². The summed E-state index contributed by atoms with van der Waals surface area (Å²) in [7, 11) is 0. The van der Waals surface area contributed by atoms with Crippen LogP contribution in [0.15, 0.2) is 0 Å². The van der Waals surface area contributed by atoms with Crippen LogP contribution in [0.1, 0.15) is 34.1 Å². The topological polar surface area (TPSA) is 3.24 Å². The van der Waals surface area contributed by atoms with Crippen molar-refractivity contribution in [3.05, 3.63) is 5.92 Å². The quantitative estimate of drug-likeness (QED) is 0.569. The maximum Gasteiger partial charge on any atom is -0.00137 e. The SMILES string of the molecule is CCN(CC)CC[C](C)C. The maximum atomic E-state index is 2.45. The van der Waals surface area contributed by atoms with E-state index < -0.39 is 0 Å². The highest BCUT2D eigenvalue weighted by Crippen LogP contribution is 2.03. The van der Waals surface area contributed by atoms with Crippen LogP contribution in [-0.2, 0) is 0 Å². The molecule has 0 fully saturated rings. The Labute approximate surface area is 65.4 Å². The molecule has 1 heteroatoms. The lowest BCUT2D eigenvalue weighted by atomic mass is 10.1. The van der Waals surface area contributed by atoms with Crippen molar-refractivity contribution in [2.45, 2.75) is 34.1 Å². The number of hydrogen-bond donors (Lipinski definition) is 0. The lowest BCUT2D eigenvalue weighted by Crippen LogP contribution is -2.24. The molecule has 0 saturated heterocycles. The van der Waals surface area contributed by atoms with Crippen LogP contribution in [0.25, 0.3) is 0 Å². The molecule has 0 spiro atoms. The van der Waals surface area contributed by atoms with Crippen molar-refractivity contribution in [2.24, 2.45) is 0 Å². The number of nitrogens with zero attached hydrogens (tertiary/aromatic N) is 1. The van der Waals surface area contributed by atoms with Crippen molar-refractivity contribution in [1.29, 1.82) is 0 Å². The van der Waals surface area contributed by atoms with Crippen LogP contribution in [0, 0.1) is 5.92 Å². The van der Waals surface area contributed by atoms with E-state index in [9.17, 15) is 0 Å². The summed E-state index contributed by atoms with van der Waals surface area (Å²) in [5.41, 5.74) is 0. The molecule has 0 amide bonds. The average molecular weight is 142 g/mol.